The van der Waals surface area contributed by atoms with Crippen LogP contribution < -0.4 is 11.5 Å². The standard InChI is InChI=1S/C13H25N3O2/c1-13(2,3)11(15)12(18)16-6-4-9(5-7-16)8-10(14)17/h9,11H,4-8,15H2,1-3H3,(H2,14,17)/t11-/m0/s1. The fourth-order valence-electron chi connectivity index (χ4n) is 2.21. The lowest BCUT2D eigenvalue weighted by Gasteiger charge is -2.36. The predicted molar refractivity (Wildman–Crippen MR) is 70.5 cm³/mol. The molecule has 0 aromatic carbocycles. The molecule has 0 aliphatic carbocycles. The quantitative estimate of drug-likeness (QED) is 0.768. The highest BCUT2D eigenvalue weighted by atomic mass is 16.2. The monoisotopic (exact) mass is 255 g/mol. The van der Waals surface area contributed by atoms with Crippen LogP contribution >= 0.6 is 0 Å². The minimum Gasteiger partial charge on any atom is -0.370 e. The van der Waals surface area contributed by atoms with Gasteiger partial charge < -0.3 is 16.4 Å². The van der Waals surface area contributed by atoms with E-state index in [0.29, 0.717) is 25.4 Å². The maximum Gasteiger partial charge on any atom is 0.240 e. The third-order valence-electron chi connectivity index (χ3n) is 3.62. The number of hydrogen-bond donors (Lipinski definition) is 2. The number of amides is 2. The number of nitrogens with zero attached hydrogens (tertiary/aromatic N) is 1. The van der Waals surface area contributed by atoms with Gasteiger partial charge in [-0.15, -0.1) is 0 Å². The van der Waals surface area contributed by atoms with E-state index in [1.54, 1.807) is 0 Å². The van der Waals surface area contributed by atoms with Gasteiger partial charge in [-0.1, -0.05) is 20.8 Å². The van der Waals surface area contributed by atoms with Crippen molar-refractivity contribution < 1.29 is 9.59 Å². The van der Waals surface area contributed by atoms with Gasteiger partial charge in [0, 0.05) is 19.5 Å². The molecule has 18 heavy (non-hydrogen) atoms. The SMILES string of the molecule is CC(C)(C)[C@@H](N)C(=O)N1CCC(CC(N)=O)CC1. The highest BCUT2D eigenvalue weighted by Crippen LogP contribution is 2.24. The molecule has 0 spiro atoms. The van der Waals surface area contributed by atoms with Gasteiger partial charge in [0.2, 0.25) is 11.8 Å². The Balaban J connectivity index is 2.48. The van der Waals surface area contributed by atoms with Crippen molar-refractivity contribution in [1.29, 1.82) is 0 Å². The molecule has 1 aliphatic heterocycles. The lowest BCUT2D eigenvalue weighted by molar-refractivity contribution is -0.136. The molecule has 1 fully saturated rings. The van der Waals surface area contributed by atoms with E-state index in [0.717, 1.165) is 12.8 Å². The van der Waals surface area contributed by atoms with Crippen LogP contribution in [0.4, 0.5) is 0 Å². The Morgan fingerprint density at radius 2 is 1.78 bits per heavy atom. The van der Waals surface area contributed by atoms with Gasteiger partial charge in [-0.25, -0.2) is 0 Å². The molecule has 5 heteroatoms. The van der Waals surface area contributed by atoms with Crippen molar-refractivity contribution in [1.82, 2.24) is 4.90 Å². The lowest BCUT2D eigenvalue weighted by Crippen LogP contribution is -2.52. The highest BCUT2D eigenvalue weighted by Gasteiger charge is 2.33. The first-order valence-corrected chi connectivity index (χ1v) is 6.54. The number of hydrogen-bond acceptors (Lipinski definition) is 3. The van der Waals surface area contributed by atoms with Crippen LogP contribution in [0.15, 0.2) is 0 Å². The summed E-state index contributed by atoms with van der Waals surface area (Å²) in [5.74, 6) is 0.0728. The maximum absolute atomic E-state index is 12.2. The molecule has 0 bridgehead atoms. The van der Waals surface area contributed by atoms with Crippen molar-refractivity contribution in [3.63, 3.8) is 0 Å². The Kier molecular flexibility index (Phi) is 4.73. The summed E-state index contributed by atoms with van der Waals surface area (Å²) in [7, 11) is 0. The molecule has 1 heterocycles. The minimum atomic E-state index is -0.467. The molecule has 0 aromatic rings. The number of carbonyl (C=O) groups excluding carboxylic acids is 2. The third-order valence-corrected chi connectivity index (χ3v) is 3.62. The van der Waals surface area contributed by atoms with Crippen LogP contribution in [0.25, 0.3) is 0 Å². The van der Waals surface area contributed by atoms with Gasteiger partial charge in [0.15, 0.2) is 0 Å². The van der Waals surface area contributed by atoms with Crippen molar-refractivity contribution in [2.24, 2.45) is 22.8 Å². The number of rotatable bonds is 3. The van der Waals surface area contributed by atoms with Gasteiger partial charge in [0.05, 0.1) is 6.04 Å². The Morgan fingerprint density at radius 1 is 1.28 bits per heavy atom. The Morgan fingerprint density at radius 3 is 2.17 bits per heavy atom. The van der Waals surface area contributed by atoms with Crippen LogP contribution in [0.5, 0.6) is 0 Å². The molecular weight excluding hydrogens is 230 g/mol. The van der Waals surface area contributed by atoms with Crippen molar-refractivity contribution in [2.75, 3.05) is 13.1 Å². The van der Waals surface area contributed by atoms with E-state index in [2.05, 4.69) is 0 Å². The van der Waals surface area contributed by atoms with Gasteiger partial charge >= 0.3 is 0 Å². The van der Waals surface area contributed by atoms with Gasteiger partial charge in [-0.3, -0.25) is 9.59 Å². The molecule has 4 N–H and O–H groups in total. The van der Waals surface area contributed by atoms with Crippen LogP contribution in [0.2, 0.25) is 0 Å². The summed E-state index contributed by atoms with van der Waals surface area (Å²) in [4.78, 5) is 24.8. The van der Waals surface area contributed by atoms with Crippen LogP contribution in [0, 0.1) is 11.3 Å². The van der Waals surface area contributed by atoms with Crippen molar-refractivity contribution in [3.05, 3.63) is 0 Å². The first kappa shape index (κ1) is 15.0. The summed E-state index contributed by atoms with van der Waals surface area (Å²) in [6, 6.07) is -0.467. The first-order chi connectivity index (χ1) is 8.21. The summed E-state index contributed by atoms with van der Waals surface area (Å²) < 4.78 is 0. The van der Waals surface area contributed by atoms with Gasteiger partial charge in [0.1, 0.15) is 0 Å². The third kappa shape index (κ3) is 3.98. The van der Waals surface area contributed by atoms with Crippen molar-refractivity contribution >= 4 is 11.8 Å². The summed E-state index contributed by atoms with van der Waals surface area (Å²) in [6.07, 6.45) is 2.10. The molecule has 104 valence electrons. The van der Waals surface area contributed by atoms with Crippen molar-refractivity contribution in [2.45, 2.75) is 46.1 Å². The number of primary amides is 1. The molecule has 0 saturated carbocycles. The van der Waals surface area contributed by atoms with E-state index in [4.69, 9.17) is 11.5 Å². The minimum absolute atomic E-state index is 0.0139. The van der Waals surface area contributed by atoms with Crippen LogP contribution in [-0.2, 0) is 9.59 Å². The van der Waals surface area contributed by atoms with Crippen LogP contribution in [0.3, 0.4) is 0 Å². The molecule has 0 aromatic heterocycles. The Bertz CT molecular complexity index is 315. The second-order valence-electron chi connectivity index (χ2n) is 6.28. The van der Waals surface area contributed by atoms with Crippen LogP contribution in [0.1, 0.15) is 40.0 Å². The lowest BCUT2D eigenvalue weighted by atomic mass is 9.85. The Labute approximate surface area is 109 Å². The predicted octanol–water partition coefficient (Wildman–Crippen LogP) is 0.474. The van der Waals surface area contributed by atoms with Crippen molar-refractivity contribution in [3.8, 4) is 0 Å². The van der Waals surface area contributed by atoms with E-state index < -0.39 is 6.04 Å². The van der Waals surface area contributed by atoms with Gasteiger partial charge in [-0.2, -0.15) is 0 Å². The summed E-state index contributed by atoms with van der Waals surface area (Å²) in [5.41, 5.74) is 10.9. The molecule has 1 atom stereocenters. The number of likely N-dealkylation sites (tertiary alicyclic amines) is 1. The summed E-state index contributed by atoms with van der Waals surface area (Å²) in [5, 5.41) is 0. The van der Waals surface area contributed by atoms with Crippen LogP contribution in [-0.4, -0.2) is 35.8 Å². The summed E-state index contributed by atoms with van der Waals surface area (Å²) >= 11 is 0. The van der Waals surface area contributed by atoms with E-state index in [-0.39, 0.29) is 17.2 Å². The molecule has 1 saturated heterocycles. The fourth-order valence-corrected chi connectivity index (χ4v) is 2.21. The molecule has 5 nitrogen and oxygen atoms in total. The first-order valence-electron chi connectivity index (χ1n) is 6.54. The van der Waals surface area contributed by atoms with Gasteiger partial charge in [0.25, 0.3) is 0 Å². The average molecular weight is 255 g/mol. The van der Waals surface area contributed by atoms with Gasteiger partial charge in [-0.05, 0) is 24.2 Å². The molecule has 0 radical (unpaired) electrons. The maximum atomic E-state index is 12.2. The van der Waals surface area contributed by atoms with E-state index in [1.807, 2.05) is 25.7 Å². The second kappa shape index (κ2) is 5.69. The zero-order valence-corrected chi connectivity index (χ0v) is 11.6. The van der Waals surface area contributed by atoms with E-state index in [1.165, 1.54) is 0 Å². The number of carbonyl (C=O) groups is 2. The zero-order valence-electron chi connectivity index (χ0n) is 11.6. The topological polar surface area (TPSA) is 89.4 Å². The summed E-state index contributed by atoms with van der Waals surface area (Å²) in [6.45, 7) is 7.27. The van der Waals surface area contributed by atoms with E-state index >= 15 is 0 Å². The second-order valence-corrected chi connectivity index (χ2v) is 6.28. The highest BCUT2D eigenvalue weighted by molar-refractivity contribution is 5.82. The molecule has 2 amide bonds. The fraction of sp³-hybridized carbons (Fsp3) is 0.846. The largest absolute Gasteiger partial charge is 0.370 e. The molecule has 1 rings (SSSR count). The normalized spacial score (nSPS) is 19.7. The number of piperidine rings is 1. The van der Waals surface area contributed by atoms with E-state index in [9.17, 15) is 9.59 Å². The zero-order chi connectivity index (χ0) is 13.9. The molecule has 0 unspecified atom stereocenters. The smallest absolute Gasteiger partial charge is 0.240 e. The Hall–Kier alpha value is -1.10. The average Bonchev–Trinajstić information content (AvgIpc) is 2.26. The number of nitrogens with two attached hydrogens (primary N) is 2. The molecular formula is C13H25N3O2. The molecule has 1 aliphatic rings.